The first-order valence-electron chi connectivity index (χ1n) is 5.95. The zero-order valence-corrected chi connectivity index (χ0v) is 10.9. The molecule has 1 aliphatic heterocycles. The molecule has 1 unspecified atom stereocenters. The minimum atomic E-state index is -1.10. The molecule has 6 nitrogen and oxygen atoms in total. The van der Waals surface area contributed by atoms with Crippen molar-refractivity contribution in [3.05, 3.63) is 0 Å². The van der Waals surface area contributed by atoms with Crippen molar-refractivity contribution < 1.29 is 28.6 Å². The van der Waals surface area contributed by atoms with Crippen molar-refractivity contribution in [2.75, 3.05) is 19.8 Å². The van der Waals surface area contributed by atoms with E-state index in [1.54, 1.807) is 13.8 Å². The Hall–Kier alpha value is -1.43. The Bertz CT molecular complexity index is 326. The van der Waals surface area contributed by atoms with Gasteiger partial charge < -0.3 is 14.2 Å². The number of carbonyl (C=O) groups excluding carboxylic acids is 3. The van der Waals surface area contributed by atoms with Crippen molar-refractivity contribution >= 4 is 17.7 Å². The zero-order valence-electron chi connectivity index (χ0n) is 10.9. The maximum Gasteiger partial charge on any atom is 0.320 e. The second kappa shape index (κ2) is 5.95. The Balaban J connectivity index is 2.75. The first-order chi connectivity index (χ1) is 8.46. The molecule has 0 aromatic carbocycles. The summed E-state index contributed by atoms with van der Waals surface area (Å²) in [5, 5.41) is 0. The van der Waals surface area contributed by atoms with Crippen LogP contribution in [0.5, 0.6) is 0 Å². The SMILES string of the molecule is CCOC(=O)C(CC1(C(C)=O)CO1)C(=O)OCC. The van der Waals surface area contributed by atoms with Gasteiger partial charge in [-0.3, -0.25) is 14.4 Å². The number of hydrogen-bond donors (Lipinski definition) is 0. The smallest absolute Gasteiger partial charge is 0.320 e. The van der Waals surface area contributed by atoms with E-state index in [1.807, 2.05) is 0 Å². The van der Waals surface area contributed by atoms with Crippen LogP contribution in [-0.2, 0) is 28.6 Å². The number of Topliss-reactive ketones (excluding diaryl/α,β-unsaturated/α-hetero) is 1. The molecule has 0 bridgehead atoms. The molecule has 1 saturated heterocycles. The number of carbonyl (C=O) groups is 3. The summed E-state index contributed by atoms with van der Waals surface area (Å²) in [4.78, 5) is 34.8. The number of rotatable bonds is 7. The second-order valence-electron chi connectivity index (χ2n) is 4.10. The molecule has 1 aliphatic rings. The van der Waals surface area contributed by atoms with E-state index in [2.05, 4.69) is 0 Å². The standard InChI is InChI=1S/C12H18O6/c1-4-16-10(14)9(11(15)17-5-2)6-12(7-18-12)8(3)13/h9H,4-7H2,1-3H3. The van der Waals surface area contributed by atoms with Gasteiger partial charge in [0, 0.05) is 6.42 Å². The van der Waals surface area contributed by atoms with Crippen LogP contribution in [0, 0.1) is 5.92 Å². The number of epoxide rings is 1. The lowest BCUT2D eigenvalue weighted by atomic mass is 9.92. The van der Waals surface area contributed by atoms with Crippen molar-refractivity contribution in [1.29, 1.82) is 0 Å². The Labute approximate surface area is 106 Å². The quantitative estimate of drug-likeness (QED) is 0.375. The van der Waals surface area contributed by atoms with Gasteiger partial charge in [0.15, 0.2) is 17.3 Å². The van der Waals surface area contributed by atoms with Crippen molar-refractivity contribution in [3.8, 4) is 0 Å². The first kappa shape index (κ1) is 14.6. The van der Waals surface area contributed by atoms with Gasteiger partial charge in [0.1, 0.15) is 0 Å². The average Bonchev–Trinajstić information content (AvgIpc) is 3.07. The highest BCUT2D eigenvalue weighted by molar-refractivity contribution is 5.97. The molecule has 1 rings (SSSR count). The minimum Gasteiger partial charge on any atom is -0.465 e. The fraction of sp³-hybridized carbons (Fsp3) is 0.750. The van der Waals surface area contributed by atoms with E-state index >= 15 is 0 Å². The third-order valence-electron chi connectivity index (χ3n) is 2.81. The summed E-state index contributed by atoms with van der Waals surface area (Å²) >= 11 is 0. The molecule has 0 saturated carbocycles. The lowest BCUT2D eigenvalue weighted by molar-refractivity contribution is -0.162. The molecule has 0 aromatic rings. The van der Waals surface area contributed by atoms with E-state index in [9.17, 15) is 14.4 Å². The third-order valence-corrected chi connectivity index (χ3v) is 2.81. The highest BCUT2D eigenvalue weighted by Crippen LogP contribution is 2.35. The van der Waals surface area contributed by atoms with E-state index in [-0.39, 0.29) is 32.0 Å². The Morgan fingerprint density at radius 1 is 1.17 bits per heavy atom. The Morgan fingerprint density at radius 2 is 1.61 bits per heavy atom. The number of hydrogen-bond acceptors (Lipinski definition) is 6. The maximum absolute atomic E-state index is 11.7. The van der Waals surface area contributed by atoms with Crippen LogP contribution in [0.25, 0.3) is 0 Å². The van der Waals surface area contributed by atoms with Gasteiger partial charge in [-0.1, -0.05) is 0 Å². The van der Waals surface area contributed by atoms with Crippen LogP contribution in [0.4, 0.5) is 0 Å². The zero-order chi connectivity index (χ0) is 13.8. The predicted octanol–water partition coefficient (Wildman–Crippen LogP) is 0.477. The van der Waals surface area contributed by atoms with E-state index in [0.717, 1.165) is 0 Å². The topological polar surface area (TPSA) is 82.2 Å². The Morgan fingerprint density at radius 3 is 1.89 bits per heavy atom. The van der Waals surface area contributed by atoms with Gasteiger partial charge in [-0.15, -0.1) is 0 Å². The summed E-state index contributed by atoms with van der Waals surface area (Å²) in [6.07, 6.45) is -0.0139. The fourth-order valence-electron chi connectivity index (χ4n) is 1.63. The molecule has 18 heavy (non-hydrogen) atoms. The van der Waals surface area contributed by atoms with Crippen LogP contribution in [0.3, 0.4) is 0 Å². The molecule has 1 fully saturated rings. The molecule has 102 valence electrons. The summed E-state index contributed by atoms with van der Waals surface area (Å²) in [6.45, 7) is 5.24. The molecule has 6 heteroatoms. The molecule has 0 aliphatic carbocycles. The summed E-state index contributed by atoms with van der Waals surface area (Å²) < 4.78 is 14.7. The lowest BCUT2D eigenvalue weighted by Crippen LogP contribution is -2.35. The molecule has 1 atom stereocenters. The van der Waals surface area contributed by atoms with Crippen LogP contribution in [0.15, 0.2) is 0 Å². The van der Waals surface area contributed by atoms with Crippen molar-refractivity contribution in [3.63, 3.8) is 0 Å². The third kappa shape index (κ3) is 3.29. The fourth-order valence-corrected chi connectivity index (χ4v) is 1.63. The Kier molecular flexibility index (Phi) is 4.84. The van der Waals surface area contributed by atoms with Crippen molar-refractivity contribution in [2.24, 2.45) is 5.92 Å². The largest absolute Gasteiger partial charge is 0.465 e. The summed E-state index contributed by atoms with van der Waals surface area (Å²) in [6, 6.07) is 0. The van der Waals surface area contributed by atoms with E-state index in [4.69, 9.17) is 14.2 Å². The number of ether oxygens (including phenoxy) is 3. The van der Waals surface area contributed by atoms with Crippen LogP contribution in [-0.4, -0.2) is 43.1 Å². The van der Waals surface area contributed by atoms with Gasteiger partial charge in [0.05, 0.1) is 19.8 Å². The number of ketones is 1. The molecule has 0 N–H and O–H groups in total. The normalized spacial score (nSPS) is 21.6. The molecule has 0 radical (unpaired) electrons. The van der Waals surface area contributed by atoms with Crippen LogP contribution in [0.2, 0.25) is 0 Å². The summed E-state index contributed by atoms with van der Waals surface area (Å²) in [7, 11) is 0. The van der Waals surface area contributed by atoms with Gasteiger partial charge >= 0.3 is 11.9 Å². The van der Waals surface area contributed by atoms with Crippen LogP contribution < -0.4 is 0 Å². The highest BCUT2D eigenvalue weighted by Gasteiger charge is 2.53. The van der Waals surface area contributed by atoms with E-state index in [1.165, 1.54) is 6.92 Å². The second-order valence-corrected chi connectivity index (χ2v) is 4.10. The monoisotopic (exact) mass is 258 g/mol. The lowest BCUT2D eigenvalue weighted by Gasteiger charge is -2.16. The van der Waals surface area contributed by atoms with E-state index < -0.39 is 23.5 Å². The molecule has 0 spiro atoms. The molecular formula is C12H18O6. The predicted molar refractivity (Wildman–Crippen MR) is 60.7 cm³/mol. The van der Waals surface area contributed by atoms with Gasteiger partial charge in [0.2, 0.25) is 0 Å². The van der Waals surface area contributed by atoms with Gasteiger partial charge in [0.25, 0.3) is 0 Å². The first-order valence-corrected chi connectivity index (χ1v) is 5.95. The van der Waals surface area contributed by atoms with Gasteiger partial charge in [-0.25, -0.2) is 0 Å². The highest BCUT2D eigenvalue weighted by atomic mass is 16.6. The summed E-state index contributed by atoms with van der Waals surface area (Å²) in [5.74, 6) is -2.64. The van der Waals surface area contributed by atoms with Crippen LogP contribution in [0.1, 0.15) is 27.2 Å². The average molecular weight is 258 g/mol. The summed E-state index contributed by atoms with van der Waals surface area (Å²) in [5.41, 5.74) is -1.01. The molecule has 1 heterocycles. The minimum absolute atomic E-state index is 0.0139. The van der Waals surface area contributed by atoms with Crippen molar-refractivity contribution in [1.82, 2.24) is 0 Å². The van der Waals surface area contributed by atoms with Crippen molar-refractivity contribution in [2.45, 2.75) is 32.8 Å². The molecule has 0 aromatic heterocycles. The molecular weight excluding hydrogens is 240 g/mol. The van der Waals surface area contributed by atoms with E-state index in [0.29, 0.717) is 0 Å². The van der Waals surface area contributed by atoms with Gasteiger partial charge in [-0.05, 0) is 20.8 Å². The van der Waals surface area contributed by atoms with Gasteiger partial charge in [-0.2, -0.15) is 0 Å². The van der Waals surface area contributed by atoms with Crippen LogP contribution >= 0.6 is 0 Å². The number of esters is 2. The maximum atomic E-state index is 11.7. The molecule has 0 amide bonds.